The Morgan fingerprint density at radius 2 is 1.67 bits per heavy atom. The summed E-state index contributed by atoms with van der Waals surface area (Å²) in [5.74, 6) is -1.07. The lowest BCUT2D eigenvalue weighted by Crippen LogP contribution is -2.41. The molecule has 0 saturated heterocycles. The maximum absolute atomic E-state index is 12.7. The van der Waals surface area contributed by atoms with Gasteiger partial charge in [-0.15, -0.1) is 11.3 Å². The molecule has 2 amide bonds. The second kappa shape index (κ2) is 9.73. The van der Waals surface area contributed by atoms with Crippen LogP contribution in [0, 0.1) is 6.92 Å². The molecule has 1 saturated carbocycles. The Labute approximate surface area is 164 Å². The summed E-state index contributed by atoms with van der Waals surface area (Å²) in [5, 5.41) is 3.12. The van der Waals surface area contributed by atoms with Crippen molar-refractivity contribution in [1.29, 1.82) is 0 Å². The molecule has 0 radical (unpaired) electrons. The SMILES string of the molecule is CCOC(=O)c1sc(NC(=O)N(C)C2CCCCC2)c(C(=O)OCC)c1C. The minimum Gasteiger partial charge on any atom is -0.462 e. The second-order valence-corrected chi connectivity index (χ2v) is 7.55. The Morgan fingerprint density at radius 1 is 1.07 bits per heavy atom. The molecule has 8 heteroatoms. The van der Waals surface area contributed by atoms with Gasteiger partial charge in [0.25, 0.3) is 0 Å². The van der Waals surface area contributed by atoms with Crippen molar-refractivity contribution < 1.29 is 23.9 Å². The van der Waals surface area contributed by atoms with Crippen molar-refractivity contribution in [2.45, 2.75) is 58.9 Å². The van der Waals surface area contributed by atoms with E-state index in [9.17, 15) is 14.4 Å². The number of ether oxygens (including phenoxy) is 2. The van der Waals surface area contributed by atoms with Crippen LogP contribution in [0.15, 0.2) is 0 Å². The lowest BCUT2D eigenvalue weighted by Gasteiger charge is -2.31. The Balaban J connectivity index is 2.27. The van der Waals surface area contributed by atoms with Crippen LogP contribution < -0.4 is 5.32 Å². The fourth-order valence-electron chi connectivity index (χ4n) is 3.26. The quantitative estimate of drug-likeness (QED) is 0.728. The average Bonchev–Trinajstić information content (AvgIpc) is 2.98. The summed E-state index contributed by atoms with van der Waals surface area (Å²) in [6, 6.07) is -0.0977. The fourth-order valence-corrected chi connectivity index (χ4v) is 4.34. The van der Waals surface area contributed by atoms with E-state index in [1.54, 1.807) is 32.7 Å². The van der Waals surface area contributed by atoms with Crippen molar-refractivity contribution in [1.82, 2.24) is 4.90 Å². The van der Waals surface area contributed by atoms with E-state index in [4.69, 9.17) is 9.47 Å². The highest BCUT2D eigenvalue weighted by molar-refractivity contribution is 7.18. The highest BCUT2D eigenvalue weighted by Gasteiger charge is 2.29. The largest absolute Gasteiger partial charge is 0.462 e. The molecule has 0 unspecified atom stereocenters. The van der Waals surface area contributed by atoms with E-state index in [0.29, 0.717) is 15.4 Å². The van der Waals surface area contributed by atoms with Crippen LogP contribution in [0.25, 0.3) is 0 Å². The third-order valence-corrected chi connectivity index (χ3v) is 5.94. The van der Waals surface area contributed by atoms with Gasteiger partial charge in [0.1, 0.15) is 9.88 Å². The maximum Gasteiger partial charge on any atom is 0.348 e. The van der Waals surface area contributed by atoms with Crippen LogP contribution in [0.1, 0.15) is 71.5 Å². The lowest BCUT2D eigenvalue weighted by molar-refractivity contribution is 0.0527. The summed E-state index contributed by atoms with van der Waals surface area (Å²) in [7, 11) is 1.77. The standard InChI is InChI=1S/C19H28N2O5S/c1-5-25-17(22)14-12(3)15(18(23)26-6-2)27-16(14)20-19(24)21(4)13-10-8-7-9-11-13/h13H,5-11H2,1-4H3,(H,20,24). The predicted molar refractivity (Wildman–Crippen MR) is 105 cm³/mol. The van der Waals surface area contributed by atoms with Crippen LogP contribution in [0.4, 0.5) is 9.80 Å². The molecule has 7 nitrogen and oxygen atoms in total. The number of thiophene rings is 1. The number of nitrogens with zero attached hydrogens (tertiary/aromatic N) is 1. The van der Waals surface area contributed by atoms with Gasteiger partial charge in [-0.3, -0.25) is 5.32 Å². The van der Waals surface area contributed by atoms with Crippen LogP contribution in [0.2, 0.25) is 0 Å². The van der Waals surface area contributed by atoms with E-state index < -0.39 is 11.9 Å². The molecule has 1 aromatic rings. The third kappa shape index (κ3) is 5.00. The van der Waals surface area contributed by atoms with Crippen LogP contribution in [0.3, 0.4) is 0 Å². The average molecular weight is 397 g/mol. The molecular weight excluding hydrogens is 368 g/mol. The molecule has 1 aliphatic rings. The van der Waals surface area contributed by atoms with Crippen LogP contribution in [0.5, 0.6) is 0 Å². The van der Waals surface area contributed by atoms with Gasteiger partial charge in [-0.05, 0) is 39.2 Å². The molecular formula is C19H28N2O5S. The van der Waals surface area contributed by atoms with E-state index in [0.717, 1.165) is 37.0 Å². The Hall–Kier alpha value is -2.09. The van der Waals surface area contributed by atoms with Crippen molar-refractivity contribution in [3.63, 3.8) is 0 Å². The zero-order valence-corrected chi connectivity index (χ0v) is 17.2. The summed E-state index contributed by atoms with van der Waals surface area (Å²) in [6.45, 7) is 5.53. The van der Waals surface area contributed by atoms with Crippen LogP contribution >= 0.6 is 11.3 Å². The summed E-state index contributed by atoms with van der Waals surface area (Å²) in [4.78, 5) is 39.3. The number of urea groups is 1. The smallest absolute Gasteiger partial charge is 0.348 e. The predicted octanol–water partition coefficient (Wildman–Crippen LogP) is 4.21. The van der Waals surface area contributed by atoms with Crippen molar-refractivity contribution >= 4 is 34.3 Å². The molecule has 1 N–H and O–H groups in total. The Kier molecular flexibility index (Phi) is 7.65. The van der Waals surface area contributed by atoms with Gasteiger partial charge in [0.15, 0.2) is 0 Å². The maximum atomic E-state index is 12.7. The number of carbonyl (C=O) groups is 3. The first-order valence-corrected chi connectivity index (χ1v) is 10.2. The summed E-state index contributed by atoms with van der Waals surface area (Å²) >= 11 is 1.05. The van der Waals surface area contributed by atoms with E-state index in [-0.39, 0.29) is 30.9 Å². The van der Waals surface area contributed by atoms with Gasteiger partial charge in [0.2, 0.25) is 0 Å². The molecule has 0 bridgehead atoms. The van der Waals surface area contributed by atoms with Crippen LogP contribution in [-0.2, 0) is 9.47 Å². The summed E-state index contributed by atoms with van der Waals surface area (Å²) < 4.78 is 10.2. The molecule has 150 valence electrons. The number of hydrogen-bond acceptors (Lipinski definition) is 6. The van der Waals surface area contributed by atoms with Gasteiger partial charge >= 0.3 is 18.0 Å². The molecule has 1 aliphatic carbocycles. The Bertz CT molecular complexity index is 695. The fraction of sp³-hybridized carbons (Fsp3) is 0.632. The Morgan fingerprint density at radius 3 is 2.26 bits per heavy atom. The minimum atomic E-state index is -0.558. The monoisotopic (exact) mass is 396 g/mol. The molecule has 0 atom stereocenters. The molecule has 1 aromatic heterocycles. The number of nitrogens with one attached hydrogen (secondary N) is 1. The number of rotatable bonds is 6. The van der Waals surface area contributed by atoms with Gasteiger partial charge < -0.3 is 14.4 Å². The highest BCUT2D eigenvalue weighted by Crippen LogP contribution is 2.35. The van der Waals surface area contributed by atoms with Crippen molar-refractivity contribution in [3.8, 4) is 0 Å². The first-order chi connectivity index (χ1) is 12.9. The molecule has 0 aromatic carbocycles. The number of anilines is 1. The van der Waals surface area contributed by atoms with E-state index in [1.807, 2.05) is 0 Å². The van der Waals surface area contributed by atoms with Crippen molar-refractivity contribution in [2.75, 3.05) is 25.6 Å². The summed E-state index contributed by atoms with van der Waals surface area (Å²) in [6.07, 6.45) is 5.38. The van der Waals surface area contributed by atoms with Crippen molar-refractivity contribution in [3.05, 3.63) is 16.0 Å². The number of esters is 2. The van der Waals surface area contributed by atoms with Gasteiger partial charge in [-0.25, -0.2) is 14.4 Å². The molecule has 0 spiro atoms. The first-order valence-electron chi connectivity index (χ1n) is 9.42. The highest BCUT2D eigenvalue weighted by atomic mass is 32.1. The molecule has 2 rings (SSSR count). The van der Waals surface area contributed by atoms with Crippen LogP contribution in [-0.4, -0.2) is 49.2 Å². The zero-order chi connectivity index (χ0) is 20.0. The molecule has 1 heterocycles. The number of carbonyl (C=O) groups excluding carboxylic acids is 3. The molecule has 27 heavy (non-hydrogen) atoms. The van der Waals surface area contributed by atoms with E-state index >= 15 is 0 Å². The van der Waals surface area contributed by atoms with Gasteiger partial charge in [-0.1, -0.05) is 19.3 Å². The number of hydrogen-bond donors (Lipinski definition) is 1. The normalized spacial score (nSPS) is 14.5. The third-order valence-electron chi connectivity index (χ3n) is 4.75. The first kappa shape index (κ1) is 21.2. The van der Waals surface area contributed by atoms with Gasteiger partial charge in [0.05, 0.1) is 18.8 Å². The van der Waals surface area contributed by atoms with Crippen molar-refractivity contribution in [2.24, 2.45) is 0 Å². The zero-order valence-electron chi connectivity index (χ0n) is 16.4. The lowest BCUT2D eigenvalue weighted by atomic mass is 9.95. The van der Waals surface area contributed by atoms with Gasteiger partial charge in [0, 0.05) is 13.1 Å². The number of amides is 2. The minimum absolute atomic E-state index is 0.190. The molecule has 0 aliphatic heterocycles. The summed E-state index contributed by atoms with van der Waals surface area (Å²) in [5.41, 5.74) is 0.683. The second-order valence-electron chi connectivity index (χ2n) is 6.53. The van der Waals surface area contributed by atoms with E-state index in [1.165, 1.54) is 6.42 Å². The molecule has 1 fully saturated rings. The topological polar surface area (TPSA) is 84.9 Å². The van der Waals surface area contributed by atoms with E-state index in [2.05, 4.69) is 5.32 Å². The van der Waals surface area contributed by atoms with Gasteiger partial charge in [-0.2, -0.15) is 0 Å².